The Morgan fingerprint density at radius 2 is 2.20 bits per heavy atom. The van der Waals surface area contributed by atoms with Crippen molar-refractivity contribution in [3.63, 3.8) is 0 Å². The smallest absolute Gasteiger partial charge is 0.327 e. The Balaban J connectivity index is 2.88. The van der Waals surface area contributed by atoms with Crippen molar-refractivity contribution in [2.75, 3.05) is 33.8 Å². The predicted molar refractivity (Wildman–Crippen MR) is 80.0 cm³/mol. The largest absolute Gasteiger partial charge is 0.465 e. The molecule has 112 valence electrons. The molecule has 1 atom stereocenters. The maximum absolute atomic E-state index is 13.1. The Hall–Kier alpha value is -0.980. The van der Waals surface area contributed by atoms with Crippen molar-refractivity contribution in [3.8, 4) is 0 Å². The van der Waals surface area contributed by atoms with Crippen molar-refractivity contribution in [1.29, 1.82) is 0 Å². The van der Waals surface area contributed by atoms with E-state index in [-0.39, 0.29) is 11.8 Å². The average Bonchev–Trinajstić information content (AvgIpc) is 2.35. The third-order valence-electron chi connectivity index (χ3n) is 2.70. The van der Waals surface area contributed by atoms with Crippen LogP contribution < -0.4 is 5.32 Å². The van der Waals surface area contributed by atoms with Crippen LogP contribution in [0.15, 0.2) is 22.7 Å². The van der Waals surface area contributed by atoms with Crippen molar-refractivity contribution in [1.82, 2.24) is 10.2 Å². The summed E-state index contributed by atoms with van der Waals surface area (Å²) in [7, 11) is 3.91. The zero-order valence-electron chi connectivity index (χ0n) is 12.0. The molecule has 4 nitrogen and oxygen atoms in total. The van der Waals surface area contributed by atoms with E-state index in [9.17, 15) is 9.18 Å². The Kier molecular flexibility index (Phi) is 7.12. The number of likely N-dealkylation sites (N-methyl/N-ethyl adjacent to an activating group) is 1. The third kappa shape index (κ3) is 5.19. The minimum absolute atomic E-state index is 0.309. The number of nitrogens with one attached hydrogen (secondary N) is 1. The van der Waals surface area contributed by atoms with Gasteiger partial charge in [-0.25, -0.2) is 9.18 Å². The highest BCUT2D eigenvalue weighted by molar-refractivity contribution is 9.10. The van der Waals surface area contributed by atoms with Crippen LogP contribution in [0.5, 0.6) is 0 Å². The summed E-state index contributed by atoms with van der Waals surface area (Å²) in [5.74, 6) is -0.713. The molecule has 0 bridgehead atoms. The van der Waals surface area contributed by atoms with Crippen molar-refractivity contribution in [2.24, 2.45) is 0 Å². The van der Waals surface area contributed by atoms with E-state index in [0.29, 0.717) is 23.2 Å². The van der Waals surface area contributed by atoms with E-state index in [4.69, 9.17) is 4.74 Å². The maximum atomic E-state index is 13.1. The van der Waals surface area contributed by atoms with Gasteiger partial charge in [0.25, 0.3) is 0 Å². The molecule has 1 unspecified atom stereocenters. The molecule has 0 saturated carbocycles. The Morgan fingerprint density at radius 3 is 2.75 bits per heavy atom. The fourth-order valence-electron chi connectivity index (χ4n) is 1.71. The monoisotopic (exact) mass is 346 g/mol. The zero-order chi connectivity index (χ0) is 15.1. The quantitative estimate of drug-likeness (QED) is 0.769. The molecule has 1 rings (SSSR count). The standard InChI is InChI=1S/C14H20BrFN2O2/c1-4-20-14(19)13(17-7-8-18(2)3)11-6-5-10(16)9-12(11)15/h5-6,9,13,17H,4,7-8H2,1-3H3. The summed E-state index contributed by atoms with van der Waals surface area (Å²) in [6.45, 7) is 3.48. The van der Waals surface area contributed by atoms with Gasteiger partial charge in [-0.05, 0) is 38.7 Å². The third-order valence-corrected chi connectivity index (χ3v) is 3.39. The molecule has 0 spiro atoms. The summed E-state index contributed by atoms with van der Waals surface area (Å²) in [6, 6.07) is 3.66. The van der Waals surface area contributed by atoms with Crippen LogP contribution in [0.3, 0.4) is 0 Å². The first-order chi connectivity index (χ1) is 9.45. The van der Waals surface area contributed by atoms with Crippen LogP contribution in [0, 0.1) is 5.82 Å². The number of benzene rings is 1. The molecule has 1 aromatic carbocycles. The fourth-order valence-corrected chi connectivity index (χ4v) is 2.29. The van der Waals surface area contributed by atoms with Gasteiger partial charge in [0.15, 0.2) is 0 Å². The highest BCUT2D eigenvalue weighted by Gasteiger charge is 2.23. The molecule has 0 heterocycles. The maximum Gasteiger partial charge on any atom is 0.327 e. The van der Waals surface area contributed by atoms with Gasteiger partial charge in [0.05, 0.1) is 6.61 Å². The topological polar surface area (TPSA) is 41.6 Å². The number of nitrogens with zero attached hydrogens (tertiary/aromatic N) is 1. The van der Waals surface area contributed by atoms with E-state index in [0.717, 1.165) is 6.54 Å². The summed E-state index contributed by atoms with van der Waals surface area (Å²) < 4.78 is 18.8. The lowest BCUT2D eigenvalue weighted by atomic mass is 10.1. The van der Waals surface area contributed by atoms with Crippen LogP contribution in [0.2, 0.25) is 0 Å². The summed E-state index contributed by atoms with van der Waals surface area (Å²) in [6.07, 6.45) is 0. The van der Waals surface area contributed by atoms with Gasteiger partial charge in [-0.3, -0.25) is 5.32 Å². The van der Waals surface area contributed by atoms with E-state index in [1.54, 1.807) is 13.0 Å². The van der Waals surface area contributed by atoms with Crippen LogP contribution in [-0.4, -0.2) is 44.7 Å². The van der Waals surface area contributed by atoms with E-state index >= 15 is 0 Å². The van der Waals surface area contributed by atoms with Crippen molar-refractivity contribution < 1.29 is 13.9 Å². The number of hydrogen-bond donors (Lipinski definition) is 1. The van der Waals surface area contributed by atoms with Gasteiger partial charge in [-0.1, -0.05) is 22.0 Å². The molecule has 20 heavy (non-hydrogen) atoms. The molecule has 0 aromatic heterocycles. The number of hydrogen-bond acceptors (Lipinski definition) is 4. The predicted octanol–water partition coefficient (Wildman–Crippen LogP) is 2.34. The number of ether oxygens (including phenoxy) is 1. The van der Waals surface area contributed by atoms with Crippen LogP contribution >= 0.6 is 15.9 Å². The number of halogens is 2. The fraction of sp³-hybridized carbons (Fsp3) is 0.500. The van der Waals surface area contributed by atoms with Gasteiger partial charge in [-0.2, -0.15) is 0 Å². The Labute approximate surface area is 127 Å². The van der Waals surface area contributed by atoms with E-state index in [1.807, 2.05) is 19.0 Å². The normalized spacial score (nSPS) is 12.5. The Bertz CT molecular complexity index is 455. The lowest BCUT2D eigenvalue weighted by Gasteiger charge is -2.20. The molecule has 6 heteroatoms. The van der Waals surface area contributed by atoms with Crippen LogP contribution in [0.4, 0.5) is 4.39 Å². The zero-order valence-corrected chi connectivity index (χ0v) is 13.5. The average molecular weight is 347 g/mol. The Morgan fingerprint density at radius 1 is 1.50 bits per heavy atom. The van der Waals surface area contributed by atoms with E-state index in [2.05, 4.69) is 21.2 Å². The minimum atomic E-state index is -0.607. The molecular weight excluding hydrogens is 327 g/mol. The molecule has 0 fully saturated rings. The van der Waals surface area contributed by atoms with E-state index in [1.165, 1.54) is 12.1 Å². The summed E-state index contributed by atoms with van der Waals surface area (Å²) in [4.78, 5) is 14.1. The minimum Gasteiger partial charge on any atom is -0.465 e. The molecule has 0 aliphatic heterocycles. The lowest BCUT2D eigenvalue weighted by Crippen LogP contribution is -2.35. The molecule has 0 amide bonds. The SMILES string of the molecule is CCOC(=O)C(NCCN(C)C)c1ccc(F)cc1Br. The van der Waals surface area contributed by atoms with Crippen molar-refractivity contribution in [3.05, 3.63) is 34.1 Å². The van der Waals surface area contributed by atoms with Gasteiger partial charge in [0.1, 0.15) is 11.9 Å². The summed E-state index contributed by atoms with van der Waals surface area (Å²) in [5, 5.41) is 3.14. The van der Waals surface area contributed by atoms with Crippen molar-refractivity contribution in [2.45, 2.75) is 13.0 Å². The number of rotatable bonds is 7. The highest BCUT2D eigenvalue weighted by atomic mass is 79.9. The molecule has 0 aliphatic rings. The lowest BCUT2D eigenvalue weighted by molar-refractivity contribution is -0.145. The summed E-state index contributed by atoms with van der Waals surface area (Å²) >= 11 is 3.29. The van der Waals surface area contributed by atoms with Gasteiger partial charge in [0.2, 0.25) is 0 Å². The molecule has 1 N–H and O–H groups in total. The number of carbonyl (C=O) groups excluding carboxylic acids is 1. The highest BCUT2D eigenvalue weighted by Crippen LogP contribution is 2.25. The molecule has 0 radical (unpaired) electrons. The van der Waals surface area contributed by atoms with Gasteiger partial charge in [0, 0.05) is 17.6 Å². The second-order valence-electron chi connectivity index (χ2n) is 4.61. The van der Waals surface area contributed by atoms with Crippen molar-refractivity contribution >= 4 is 21.9 Å². The van der Waals surface area contributed by atoms with Gasteiger partial charge in [-0.15, -0.1) is 0 Å². The van der Waals surface area contributed by atoms with Crippen LogP contribution in [0.1, 0.15) is 18.5 Å². The van der Waals surface area contributed by atoms with E-state index < -0.39 is 6.04 Å². The van der Waals surface area contributed by atoms with Gasteiger partial charge < -0.3 is 9.64 Å². The summed E-state index contributed by atoms with van der Waals surface area (Å²) in [5.41, 5.74) is 0.670. The number of esters is 1. The van der Waals surface area contributed by atoms with Gasteiger partial charge >= 0.3 is 5.97 Å². The van der Waals surface area contributed by atoms with Crippen LogP contribution in [-0.2, 0) is 9.53 Å². The second-order valence-corrected chi connectivity index (χ2v) is 5.46. The number of carbonyl (C=O) groups is 1. The molecule has 0 aliphatic carbocycles. The first-order valence-electron chi connectivity index (χ1n) is 6.45. The first kappa shape index (κ1) is 17.1. The molecule has 1 aromatic rings. The second kappa shape index (κ2) is 8.34. The van der Waals surface area contributed by atoms with Crippen LogP contribution in [0.25, 0.3) is 0 Å². The first-order valence-corrected chi connectivity index (χ1v) is 7.24. The molecule has 0 saturated heterocycles. The molecular formula is C14H20BrFN2O2.